The second-order valence-corrected chi connectivity index (χ2v) is 10.7. The number of likely N-dealkylation sites (tertiary alicyclic amines) is 1. The van der Waals surface area contributed by atoms with E-state index in [1.54, 1.807) is 4.57 Å². The van der Waals surface area contributed by atoms with E-state index in [-0.39, 0.29) is 29.2 Å². The maximum absolute atomic E-state index is 14.1. The van der Waals surface area contributed by atoms with Crippen LogP contribution in [0.25, 0.3) is 11.0 Å². The number of nitrogens with zero attached hydrogens (tertiary/aromatic N) is 5. The second kappa shape index (κ2) is 9.13. The van der Waals surface area contributed by atoms with Gasteiger partial charge in [0.25, 0.3) is 5.56 Å². The van der Waals surface area contributed by atoms with Crippen LogP contribution in [0.2, 0.25) is 0 Å². The summed E-state index contributed by atoms with van der Waals surface area (Å²) in [6.45, 7) is 7.23. The molecule has 34 heavy (non-hydrogen) atoms. The molecular weight excluding hydrogens is 441 g/mol. The van der Waals surface area contributed by atoms with Crippen LogP contribution < -0.4 is 11.2 Å². The molecule has 0 atom stereocenters. The highest BCUT2D eigenvalue weighted by atomic mass is 19.1. The van der Waals surface area contributed by atoms with Crippen LogP contribution in [0.5, 0.6) is 0 Å². The highest BCUT2D eigenvalue weighted by Crippen LogP contribution is 2.33. The van der Waals surface area contributed by atoms with E-state index in [2.05, 4.69) is 9.88 Å². The number of halogens is 1. The Morgan fingerprint density at radius 3 is 2.21 bits per heavy atom. The maximum atomic E-state index is 14.1. The third-order valence-corrected chi connectivity index (χ3v) is 7.30. The molecule has 2 aliphatic rings. The molecule has 1 aliphatic carbocycles. The van der Waals surface area contributed by atoms with Crippen molar-refractivity contribution >= 4 is 17.1 Å². The minimum absolute atomic E-state index is 0.113. The van der Waals surface area contributed by atoms with E-state index in [1.807, 2.05) is 27.8 Å². The predicted molar refractivity (Wildman–Crippen MR) is 127 cm³/mol. The number of piperidine rings is 1. The molecule has 186 valence electrons. The summed E-state index contributed by atoms with van der Waals surface area (Å²) in [6.07, 6.45) is 3.67. The molecular formula is C24H34FN5O4. The monoisotopic (exact) mass is 475 g/mol. The molecule has 0 spiro atoms. The maximum Gasteiger partial charge on any atom is 0.407 e. The molecule has 0 aromatic carbocycles. The number of aromatic nitrogens is 3. The topological polar surface area (TPSA) is 101 Å². The molecule has 0 unspecified atom stereocenters. The number of carbonyl (C=O) groups is 1. The van der Waals surface area contributed by atoms with E-state index in [0.717, 1.165) is 32.1 Å². The van der Waals surface area contributed by atoms with Gasteiger partial charge in [0.15, 0.2) is 0 Å². The molecule has 1 saturated heterocycles. The van der Waals surface area contributed by atoms with Crippen molar-refractivity contribution in [2.45, 2.75) is 83.0 Å². The Labute approximate surface area is 197 Å². The molecule has 4 rings (SSSR count). The fraction of sp³-hybridized carbons (Fsp3) is 0.667. The lowest BCUT2D eigenvalue weighted by atomic mass is 9.87. The van der Waals surface area contributed by atoms with Crippen molar-refractivity contribution in [3.63, 3.8) is 0 Å². The normalized spacial score (nSPS) is 22.7. The number of hydrogen-bond donors (Lipinski definition) is 1. The minimum Gasteiger partial charge on any atom is -0.465 e. The quantitative estimate of drug-likeness (QED) is 0.732. The summed E-state index contributed by atoms with van der Waals surface area (Å²) in [4.78, 5) is 46.8. The van der Waals surface area contributed by atoms with Crippen LogP contribution in [0.3, 0.4) is 0 Å². The van der Waals surface area contributed by atoms with Crippen molar-refractivity contribution in [2.24, 2.45) is 0 Å². The van der Waals surface area contributed by atoms with Crippen molar-refractivity contribution in [2.75, 3.05) is 20.1 Å². The summed E-state index contributed by atoms with van der Waals surface area (Å²) >= 11 is 0. The lowest BCUT2D eigenvalue weighted by molar-refractivity contribution is 0.0505. The Morgan fingerprint density at radius 2 is 1.65 bits per heavy atom. The molecule has 1 amide bonds. The smallest absolute Gasteiger partial charge is 0.407 e. The SMILES string of the molecule is CN1CCC(n2c(=O)n(C3CCC(N(C(=O)O)C(C)(C)C)CC3)c(=O)c3cc(F)cnc32)CC1. The Kier molecular flexibility index (Phi) is 6.54. The number of carboxylic acid groups (broad SMARTS) is 1. The van der Waals surface area contributed by atoms with Gasteiger partial charge in [-0.05, 0) is 85.5 Å². The molecule has 0 radical (unpaired) electrons. The van der Waals surface area contributed by atoms with E-state index < -0.39 is 28.7 Å². The molecule has 2 aromatic rings. The molecule has 1 aliphatic heterocycles. The highest BCUT2D eigenvalue weighted by Gasteiger charge is 2.37. The molecule has 2 aromatic heterocycles. The molecule has 0 bridgehead atoms. The van der Waals surface area contributed by atoms with Gasteiger partial charge in [-0.15, -0.1) is 0 Å². The number of amides is 1. The molecule has 3 heterocycles. The van der Waals surface area contributed by atoms with Gasteiger partial charge in [0.2, 0.25) is 0 Å². The van der Waals surface area contributed by atoms with Crippen LogP contribution in [0, 0.1) is 5.82 Å². The summed E-state index contributed by atoms with van der Waals surface area (Å²) in [7, 11) is 2.03. The highest BCUT2D eigenvalue weighted by molar-refractivity contribution is 5.73. The zero-order valence-electron chi connectivity index (χ0n) is 20.3. The minimum atomic E-state index is -0.968. The van der Waals surface area contributed by atoms with Gasteiger partial charge in [0.1, 0.15) is 11.5 Å². The first kappa shape index (κ1) is 24.4. The van der Waals surface area contributed by atoms with Crippen molar-refractivity contribution in [1.82, 2.24) is 23.9 Å². The Bertz CT molecular complexity index is 1180. The van der Waals surface area contributed by atoms with Crippen molar-refractivity contribution < 1.29 is 14.3 Å². The van der Waals surface area contributed by atoms with Gasteiger partial charge in [0, 0.05) is 23.7 Å². The average molecular weight is 476 g/mol. The first-order chi connectivity index (χ1) is 16.0. The van der Waals surface area contributed by atoms with E-state index in [0.29, 0.717) is 25.7 Å². The van der Waals surface area contributed by atoms with Gasteiger partial charge in [-0.3, -0.25) is 13.9 Å². The van der Waals surface area contributed by atoms with E-state index in [1.165, 1.54) is 15.5 Å². The predicted octanol–water partition coefficient (Wildman–Crippen LogP) is 3.23. The lowest BCUT2D eigenvalue weighted by Crippen LogP contribution is -2.53. The van der Waals surface area contributed by atoms with Gasteiger partial charge in [0.05, 0.1) is 11.6 Å². The molecule has 2 fully saturated rings. The molecule has 9 nitrogen and oxygen atoms in total. The fourth-order valence-corrected chi connectivity index (χ4v) is 5.67. The van der Waals surface area contributed by atoms with Gasteiger partial charge >= 0.3 is 11.8 Å². The van der Waals surface area contributed by atoms with Crippen LogP contribution in [0.1, 0.15) is 71.4 Å². The zero-order valence-corrected chi connectivity index (χ0v) is 20.3. The summed E-state index contributed by atoms with van der Waals surface area (Å²) < 4.78 is 16.9. The summed E-state index contributed by atoms with van der Waals surface area (Å²) in [5.41, 5.74) is -1.24. The van der Waals surface area contributed by atoms with Crippen molar-refractivity contribution in [1.29, 1.82) is 0 Å². The second-order valence-electron chi connectivity index (χ2n) is 10.7. The molecule has 1 N–H and O–H groups in total. The Morgan fingerprint density at radius 1 is 1.06 bits per heavy atom. The Balaban J connectivity index is 1.73. The van der Waals surface area contributed by atoms with E-state index >= 15 is 0 Å². The van der Waals surface area contributed by atoms with Gasteiger partial charge in [-0.2, -0.15) is 0 Å². The number of hydrogen-bond acceptors (Lipinski definition) is 5. The summed E-state index contributed by atoms with van der Waals surface area (Å²) in [6, 6.07) is 0.511. The van der Waals surface area contributed by atoms with Crippen LogP contribution in [-0.2, 0) is 0 Å². The van der Waals surface area contributed by atoms with Crippen molar-refractivity contribution in [3.05, 3.63) is 38.9 Å². The fourth-order valence-electron chi connectivity index (χ4n) is 5.67. The first-order valence-corrected chi connectivity index (χ1v) is 12.0. The molecule has 1 saturated carbocycles. The van der Waals surface area contributed by atoms with Crippen molar-refractivity contribution in [3.8, 4) is 0 Å². The van der Waals surface area contributed by atoms with Gasteiger partial charge in [-0.1, -0.05) is 0 Å². The van der Waals surface area contributed by atoms with Crippen LogP contribution in [-0.4, -0.2) is 66.8 Å². The summed E-state index contributed by atoms with van der Waals surface area (Å²) in [5.74, 6) is -0.615. The molecule has 10 heteroatoms. The lowest BCUT2D eigenvalue weighted by Gasteiger charge is -2.42. The number of rotatable bonds is 3. The average Bonchev–Trinajstić information content (AvgIpc) is 2.75. The van der Waals surface area contributed by atoms with Gasteiger partial charge in [-0.25, -0.2) is 19.0 Å². The van der Waals surface area contributed by atoms with Crippen LogP contribution in [0.4, 0.5) is 9.18 Å². The third kappa shape index (κ3) is 4.47. The van der Waals surface area contributed by atoms with E-state index in [4.69, 9.17) is 0 Å². The largest absolute Gasteiger partial charge is 0.465 e. The van der Waals surface area contributed by atoms with E-state index in [9.17, 15) is 23.9 Å². The number of fused-ring (bicyclic) bond motifs is 1. The standard InChI is InChI=1S/C24H34FN5O4/c1-24(2,3)30(23(33)34)18-7-5-16(6-8-18)29-21(31)19-13-15(25)14-26-20(19)28(22(29)32)17-9-11-27(4)12-10-17/h13-14,16-18H,5-12H2,1-4H3,(H,33,34). The zero-order chi connectivity index (χ0) is 24.8. The van der Waals surface area contributed by atoms with Crippen LogP contribution >= 0.6 is 0 Å². The van der Waals surface area contributed by atoms with Crippen LogP contribution in [0.15, 0.2) is 21.9 Å². The number of pyridine rings is 1. The van der Waals surface area contributed by atoms with Gasteiger partial charge < -0.3 is 14.9 Å². The third-order valence-electron chi connectivity index (χ3n) is 7.30. The summed E-state index contributed by atoms with van der Waals surface area (Å²) in [5, 5.41) is 9.86. The Hall–Kier alpha value is -2.75. The first-order valence-electron chi connectivity index (χ1n) is 12.0.